The first-order valence-corrected chi connectivity index (χ1v) is 9.15. The number of ether oxygens (including phenoxy) is 1. The van der Waals surface area contributed by atoms with Gasteiger partial charge in [0, 0.05) is 5.56 Å². The largest absolute Gasteiger partial charge is 0.497 e. The summed E-state index contributed by atoms with van der Waals surface area (Å²) in [6.07, 6.45) is 1.76. The Morgan fingerprint density at radius 3 is 2.69 bits per heavy atom. The first-order chi connectivity index (χ1) is 12.6. The Bertz CT molecular complexity index is 1080. The SMILES string of the molecule is COc1ccc2cc(-c3cccc(/C=C4\SC(=S)NC4=O)n3)ccc2c1. The van der Waals surface area contributed by atoms with E-state index in [1.54, 1.807) is 13.2 Å². The molecule has 128 valence electrons. The third kappa shape index (κ3) is 3.34. The molecule has 1 fully saturated rings. The Hall–Kier alpha value is -2.70. The predicted octanol–water partition coefficient (Wildman–Crippen LogP) is 4.40. The number of aromatic nitrogens is 1. The smallest absolute Gasteiger partial charge is 0.263 e. The van der Waals surface area contributed by atoms with E-state index in [-0.39, 0.29) is 5.91 Å². The molecule has 1 aliphatic heterocycles. The highest BCUT2D eigenvalue weighted by atomic mass is 32.2. The Morgan fingerprint density at radius 1 is 1.12 bits per heavy atom. The number of benzene rings is 2. The third-order valence-electron chi connectivity index (χ3n) is 4.03. The summed E-state index contributed by atoms with van der Waals surface area (Å²) in [5.74, 6) is 0.661. The molecule has 1 saturated heterocycles. The van der Waals surface area contributed by atoms with Crippen molar-refractivity contribution in [2.75, 3.05) is 7.11 Å². The van der Waals surface area contributed by atoms with Gasteiger partial charge in [0.25, 0.3) is 5.91 Å². The molecule has 0 spiro atoms. The van der Waals surface area contributed by atoms with E-state index in [0.29, 0.717) is 9.23 Å². The monoisotopic (exact) mass is 378 g/mol. The van der Waals surface area contributed by atoms with Crippen LogP contribution < -0.4 is 10.1 Å². The minimum atomic E-state index is -0.174. The van der Waals surface area contributed by atoms with Gasteiger partial charge in [-0.3, -0.25) is 4.79 Å². The van der Waals surface area contributed by atoms with Gasteiger partial charge in [-0.15, -0.1) is 0 Å². The Morgan fingerprint density at radius 2 is 1.92 bits per heavy atom. The molecule has 1 aliphatic rings. The fourth-order valence-corrected chi connectivity index (χ4v) is 3.79. The molecule has 1 aromatic heterocycles. The van der Waals surface area contributed by atoms with Crippen molar-refractivity contribution in [3.63, 3.8) is 0 Å². The number of hydrogen-bond donors (Lipinski definition) is 1. The maximum Gasteiger partial charge on any atom is 0.263 e. The summed E-state index contributed by atoms with van der Waals surface area (Å²) in [5.41, 5.74) is 2.59. The van der Waals surface area contributed by atoms with Crippen molar-refractivity contribution in [1.82, 2.24) is 10.3 Å². The third-order valence-corrected chi connectivity index (χ3v) is 5.20. The second-order valence-electron chi connectivity index (χ2n) is 5.73. The molecule has 1 amide bonds. The summed E-state index contributed by atoms with van der Waals surface area (Å²) in [5, 5.41) is 4.84. The molecule has 0 atom stereocenters. The van der Waals surface area contributed by atoms with E-state index in [4.69, 9.17) is 17.0 Å². The Kier molecular flexibility index (Phi) is 4.44. The number of pyridine rings is 1. The number of amides is 1. The van der Waals surface area contributed by atoms with Gasteiger partial charge in [-0.05, 0) is 47.2 Å². The molecule has 0 aliphatic carbocycles. The van der Waals surface area contributed by atoms with Crippen LogP contribution in [0.2, 0.25) is 0 Å². The highest BCUT2D eigenvalue weighted by Gasteiger charge is 2.22. The van der Waals surface area contributed by atoms with Crippen LogP contribution >= 0.6 is 24.0 Å². The van der Waals surface area contributed by atoms with E-state index in [2.05, 4.69) is 22.4 Å². The standard InChI is InChI=1S/C20H14N2O2S2/c1-24-16-8-7-12-9-14(6-5-13(12)10-16)17-4-2-3-15(21-17)11-18-19(23)22-20(25)26-18/h2-11H,1H3,(H,22,23,25)/b18-11-. The predicted molar refractivity (Wildman–Crippen MR) is 110 cm³/mol. The zero-order valence-electron chi connectivity index (χ0n) is 13.9. The van der Waals surface area contributed by atoms with Crippen LogP contribution in [-0.4, -0.2) is 22.3 Å². The number of fused-ring (bicyclic) bond motifs is 1. The molecule has 4 nitrogen and oxygen atoms in total. The van der Waals surface area contributed by atoms with Crippen LogP contribution in [0.4, 0.5) is 0 Å². The zero-order chi connectivity index (χ0) is 18.1. The zero-order valence-corrected chi connectivity index (χ0v) is 15.5. The minimum absolute atomic E-state index is 0.174. The van der Waals surface area contributed by atoms with Gasteiger partial charge in [0.1, 0.15) is 10.1 Å². The van der Waals surface area contributed by atoms with Crippen molar-refractivity contribution >= 4 is 51.1 Å². The van der Waals surface area contributed by atoms with Crippen molar-refractivity contribution in [2.24, 2.45) is 0 Å². The summed E-state index contributed by atoms with van der Waals surface area (Å²) < 4.78 is 5.74. The summed E-state index contributed by atoms with van der Waals surface area (Å²) in [6, 6.07) is 17.9. The normalized spacial score (nSPS) is 15.5. The van der Waals surface area contributed by atoms with E-state index in [1.165, 1.54) is 11.8 Å². The molecular formula is C20H14N2O2S2. The summed E-state index contributed by atoms with van der Waals surface area (Å²) in [7, 11) is 1.66. The van der Waals surface area contributed by atoms with Gasteiger partial charge in [0.05, 0.1) is 23.4 Å². The maximum absolute atomic E-state index is 11.8. The van der Waals surface area contributed by atoms with Gasteiger partial charge in [-0.25, -0.2) is 4.98 Å². The second kappa shape index (κ2) is 6.90. The Labute approximate surface area is 160 Å². The lowest BCUT2D eigenvalue weighted by Gasteiger charge is -2.06. The summed E-state index contributed by atoms with van der Waals surface area (Å²) in [4.78, 5) is 17.0. The van der Waals surface area contributed by atoms with Gasteiger partial charge in [0.2, 0.25) is 0 Å². The average molecular weight is 378 g/mol. The molecule has 1 N–H and O–H groups in total. The number of hydrogen-bond acceptors (Lipinski definition) is 5. The summed E-state index contributed by atoms with van der Waals surface area (Å²) in [6.45, 7) is 0. The van der Waals surface area contributed by atoms with Gasteiger partial charge >= 0.3 is 0 Å². The first-order valence-electron chi connectivity index (χ1n) is 7.92. The fourth-order valence-electron chi connectivity index (χ4n) is 2.76. The van der Waals surface area contributed by atoms with Crippen LogP contribution in [0.1, 0.15) is 5.69 Å². The topological polar surface area (TPSA) is 51.2 Å². The van der Waals surface area contributed by atoms with Crippen LogP contribution in [0.5, 0.6) is 5.75 Å². The molecule has 3 aromatic rings. The van der Waals surface area contributed by atoms with Crippen molar-refractivity contribution in [3.05, 3.63) is 65.2 Å². The number of methoxy groups -OCH3 is 1. The van der Waals surface area contributed by atoms with Crippen LogP contribution in [0.15, 0.2) is 59.5 Å². The maximum atomic E-state index is 11.8. The fraction of sp³-hybridized carbons (Fsp3) is 0.0500. The number of thiocarbonyl (C=S) groups is 1. The lowest BCUT2D eigenvalue weighted by molar-refractivity contribution is -0.115. The number of rotatable bonds is 3. The van der Waals surface area contributed by atoms with Crippen LogP contribution in [0.3, 0.4) is 0 Å². The van der Waals surface area contributed by atoms with Crippen LogP contribution in [-0.2, 0) is 4.79 Å². The van der Waals surface area contributed by atoms with Gasteiger partial charge in [-0.1, -0.05) is 48.2 Å². The van der Waals surface area contributed by atoms with E-state index >= 15 is 0 Å². The van der Waals surface area contributed by atoms with E-state index < -0.39 is 0 Å². The number of carbonyl (C=O) groups is 1. The van der Waals surface area contributed by atoms with Gasteiger partial charge in [0.15, 0.2) is 0 Å². The molecule has 0 radical (unpaired) electrons. The average Bonchev–Trinajstić information content (AvgIpc) is 2.98. The number of nitrogens with zero attached hydrogens (tertiary/aromatic N) is 1. The molecule has 2 heterocycles. The van der Waals surface area contributed by atoms with E-state index in [9.17, 15) is 4.79 Å². The highest BCUT2D eigenvalue weighted by Crippen LogP contribution is 2.28. The lowest BCUT2D eigenvalue weighted by Crippen LogP contribution is -2.17. The van der Waals surface area contributed by atoms with Crippen molar-refractivity contribution in [3.8, 4) is 17.0 Å². The van der Waals surface area contributed by atoms with Crippen LogP contribution in [0, 0.1) is 0 Å². The van der Waals surface area contributed by atoms with Crippen molar-refractivity contribution in [1.29, 1.82) is 0 Å². The van der Waals surface area contributed by atoms with Gasteiger partial charge in [-0.2, -0.15) is 0 Å². The molecule has 0 saturated carbocycles. The minimum Gasteiger partial charge on any atom is -0.497 e. The summed E-state index contributed by atoms with van der Waals surface area (Å²) >= 11 is 6.27. The second-order valence-corrected chi connectivity index (χ2v) is 7.45. The van der Waals surface area contributed by atoms with Crippen molar-refractivity contribution < 1.29 is 9.53 Å². The van der Waals surface area contributed by atoms with Crippen molar-refractivity contribution in [2.45, 2.75) is 0 Å². The van der Waals surface area contributed by atoms with E-state index in [1.807, 2.05) is 42.5 Å². The Balaban J connectivity index is 1.70. The number of carbonyl (C=O) groups excluding carboxylic acids is 1. The molecule has 4 rings (SSSR count). The quantitative estimate of drug-likeness (QED) is 0.541. The van der Waals surface area contributed by atoms with E-state index in [0.717, 1.165) is 33.5 Å². The number of nitrogens with one attached hydrogen (secondary N) is 1. The molecule has 0 bridgehead atoms. The number of thioether (sulfide) groups is 1. The molecule has 0 unspecified atom stereocenters. The first kappa shape index (κ1) is 16.8. The molecule has 26 heavy (non-hydrogen) atoms. The molecule has 6 heteroatoms. The highest BCUT2D eigenvalue weighted by molar-refractivity contribution is 8.26. The molecular weight excluding hydrogens is 364 g/mol. The van der Waals surface area contributed by atoms with Gasteiger partial charge < -0.3 is 10.1 Å². The van der Waals surface area contributed by atoms with Crippen LogP contribution in [0.25, 0.3) is 28.1 Å². The lowest BCUT2D eigenvalue weighted by atomic mass is 10.0. The molecule has 2 aromatic carbocycles.